The Kier molecular flexibility index (Phi) is 14.7. The highest BCUT2D eigenvalue weighted by Gasteiger charge is 2.09. The van der Waals surface area contributed by atoms with Gasteiger partial charge >= 0.3 is 0 Å². The number of phenols is 1. The molecule has 0 aliphatic heterocycles. The third kappa shape index (κ3) is 12.5. The lowest BCUT2D eigenvalue weighted by molar-refractivity contribution is 0.0512. The first-order valence-electron chi connectivity index (χ1n) is 14.5. The summed E-state index contributed by atoms with van der Waals surface area (Å²) in [5.41, 5.74) is 3.23. The number of ether oxygens (including phenoxy) is 2. The fraction of sp³-hybridized carbons (Fsp3) is 0.303. The molecule has 3 aromatic carbocycles. The molecule has 0 spiro atoms. The Hall–Kier alpha value is -4.38. The molecule has 0 aromatic heterocycles. The Morgan fingerprint density at radius 2 is 1.55 bits per heavy atom. The number of halogens is 1. The van der Waals surface area contributed by atoms with E-state index in [4.69, 9.17) is 26.1 Å². The third-order valence-electron chi connectivity index (χ3n) is 6.23. The van der Waals surface area contributed by atoms with Gasteiger partial charge in [0.25, 0.3) is 5.91 Å². The van der Waals surface area contributed by atoms with Gasteiger partial charge in [-0.15, -0.1) is 0 Å². The first-order valence-corrected chi connectivity index (χ1v) is 14.9. The van der Waals surface area contributed by atoms with Gasteiger partial charge < -0.3 is 35.8 Å². The maximum absolute atomic E-state index is 12.0. The summed E-state index contributed by atoms with van der Waals surface area (Å²) in [5.74, 6) is 1.61. The Morgan fingerprint density at radius 1 is 0.864 bits per heavy atom. The van der Waals surface area contributed by atoms with E-state index in [1.165, 1.54) is 6.07 Å². The van der Waals surface area contributed by atoms with Crippen LogP contribution in [0.5, 0.6) is 5.75 Å². The Balaban J connectivity index is 1.50. The molecule has 0 saturated carbocycles. The molecule has 10 nitrogen and oxygen atoms in total. The number of nitrogens with one attached hydrogen (secondary N) is 4. The van der Waals surface area contributed by atoms with E-state index in [9.17, 15) is 9.90 Å². The number of guanidine groups is 1. The molecule has 0 atom stereocenters. The van der Waals surface area contributed by atoms with E-state index in [0.717, 1.165) is 17.7 Å². The number of para-hydroxylation sites is 1. The van der Waals surface area contributed by atoms with Gasteiger partial charge in [-0.3, -0.25) is 9.79 Å². The van der Waals surface area contributed by atoms with Gasteiger partial charge in [0.15, 0.2) is 0 Å². The highest BCUT2D eigenvalue weighted by atomic mass is 35.5. The molecule has 3 aromatic rings. The van der Waals surface area contributed by atoms with Crippen molar-refractivity contribution in [2.75, 3.05) is 50.2 Å². The number of allylic oxidation sites excluding steroid dienone is 1. The highest BCUT2D eigenvalue weighted by molar-refractivity contribution is 6.32. The van der Waals surface area contributed by atoms with E-state index in [0.29, 0.717) is 68.4 Å². The zero-order valence-electron chi connectivity index (χ0n) is 25.4. The van der Waals surface area contributed by atoms with Crippen molar-refractivity contribution in [3.8, 4) is 5.75 Å². The molecule has 3 rings (SSSR count). The summed E-state index contributed by atoms with van der Waals surface area (Å²) in [6.07, 6.45) is 0.799. The number of anilines is 2. The molecule has 0 radical (unpaired) electrons. The molecule has 234 valence electrons. The van der Waals surface area contributed by atoms with Gasteiger partial charge in [-0.25, -0.2) is 0 Å². The molecule has 0 unspecified atom stereocenters. The number of carbonyl (C=O) groups is 1. The maximum Gasteiger partial charge on any atom is 0.251 e. The van der Waals surface area contributed by atoms with E-state index < -0.39 is 0 Å². The lowest BCUT2D eigenvalue weighted by Gasteiger charge is -2.16. The lowest BCUT2D eigenvalue weighted by atomic mass is 10.2. The van der Waals surface area contributed by atoms with Gasteiger partial charge in [-0.2, -0.15) is 4.99 Å². The summed E-state index contributed by atoms with van der Waals surface area (Å²) in [6, 6.07) is 23.7. The van der Waals surface area contributed by atoms with Crippen LogP contribution >= 0.6 is 11.6 Å². The number of carbonyl (C=O) groups excluding carboxylic acids is 1. The van der Waals surface area contributed by atoms with Crippen LogP contribution in [0.15, 0.2) is 100 Å². The van der Waals surface area contributed by atoms with Gasteiger partial charge in [0.2, 0.25) is 5.96 Å². The normalized spacial score (nSPS) is 12.4. The molecule has 0 bridgehead atoms. The molecule has 5 N–H and O–H groups in total. The van der Waals surface area contributed by atoms with Crippen LogP contribution in [0.2, 0.25) is 5.02 Å². The molecule has 0 aliphatic rings. The lowest BCUT2D eigenvalue weighted by Crippen LogP contribution is -2.35. The van der Waals surface area contributed by atoms with Crippen molar-refractivity contribution in [3.63, 3.8) is 0 Å². The highest BCUT2D eigenvalue weighted by Crippen LogP contribution is 2.26. The number of amidine groups is 1. The summed E-state index contributed by atoms with van der Waals surface area (Å²) in [5, 5.41) is 22.7. The molecule has 11 heteroatoms. The topological polar surface area (TPSA) is 129 Å². The van der Waals surface area contributed by atoms with Crippen molar-refractivity contribution >= 4 is 40.7 Å². The van der Waals surface area contributed by atoms with Gasteiger partial charge in [-0.05, 0) is 68.3 Å². The summed E-state index contributed by atoms with van der Waals surface area (Å²) in [6.45, 7) is 8.43. The van der Waals surface area contributed by atoms with Crippen LogP contribution in [-0.4, -0.2) is 62.3 Å². The minimum absolute atomic E-state index is 0.00482. The molecule has 0 heterocycles. The number of nitrogens with zero attached hydrogens (tertiary/aromatic N) is 2. The summed E-state index contributed by atoms with van der Waals surface area (Å²) in [7, 11) is 0. The SMILES string of the molecule is CC/C(C)=C(/N=C(\NC(C)=NCCOCCOCCNC(=O)c1ccccc1)Nc1ccc(O)c(Cl)c1)Nc1ccccc1. The minimum atomic E-state index is -0.122. The zero-order chi connectivity index (χ0) is 31.6. The molecule has 0 fully saturated rings. The number of phenolic OH excluding ortho intramolecular Hbond substituents is 1. The van der Waals surface area contributed by atoms with Crippen molar-refractivity contribution in [1.29, 1.82) is 0 Å². The van der Waals surface area contributed by atoms with Crippen molar-refractivity contribution < 1.29 is 19.4 Å². The van der Waals surface area contributed by atoms with Crippen molar-refractivity contribution in [3.05, 3.63) is 101 Å². The number of hydrogen-bond donors (Lipinski definition) is 5. The standard InChI is InChI=1S/C33H41ClN6O4/c1-4-24(2)31(38-27-13-9-6-10-14-27)40-33(39-28-15-16-30(41)29(34)23-28)37-25(3)35-17-19-43-21-22-44-20-18-36-32(42)26-11-7-5-8-12-26/h5-16,23,38,41H,4,17-22H2,1-3H3,(H,36,42)(H2,35,37,39,40)/b31-24+. The second-order valence-corrected chi connectivity index (χ2v) is 10.1. The van der Waals surface area contributed by atoms with E-state index >= 15 is 0 Å². The average Bonchev–Trinajstić information content (AvgIpc) is 3.03. The second-order valence-electron chi connectivity index (χ2n) is 9.66. The van der Waals surface area contributed by atoms with Crippen LogP contribution in [0.25, 0.3) is 0 Å². The van der Waals surface area contributed by atoms with Gasteiger partial charge in [0, 0.05) is 23.5 Å². The fourth-order valence-corrected chi connectivity index (χ4v) is 3.90. The Labute approximate surface area is 264 Å². The molecule has 0 saturated heterocycles. The van der Waals surface area contributed by atoms with E-state index in [-0.39, 0.29) is 16.7 Å². The number of benzene rings is 3. The van der Waals surface area contributed by atoms with Crippen LogP contribution in [-0.2, 0) is 9.47 Å². The third-order valence-corrected chi connectivity index (χ3v) is 6.53. The summed E-state index contributed by atoms with van der Waals surface area (Å²) < 4.78 is 11.2. The molecular weight excluding hydrogens is 580 g/mol. The largest absolute Gasteiger partial charge is 0.506 e. The van der Waals surface area contributed by atoms with E-state index in [1.807, 2.05) is 62.4 Å². The zero-order valence-corrected chi connectivity index (χ0v) is 26.2. The molecule has 1 amide bonds. The maximum atomic E-state index is 12.0. The van der Waals surface area contributed by atoms with Crippen molar-refractivity contribution in [2.24, 2.45) is 9.98 Å². The summed E-state index contributed by atoms with van der Waals surface area (Å²) in [4.78, 5) is 21.4. The summed E-state index contributed by atoms with van der Waals surface area (Å²) >= 11 is 6.14. The smallest absolute Gasteiger partial charge is 0.251 e. The molecule has 0 aliphatic carbocycles. The van der Waals surface area contributed by atoms with Crippen LogP contribution < -0.4 is 21.3 Å². The van der Waals surface area contributed by atoms with Crippen LogP contribution in [0.1, 0.15) is 37.6 Å². The first kappa shape index (κ1) is 34.1. The second kappa shape index (κ2) is 19.0. The van der Waals surface area contributed by atoms with E-state index in [1.54, 1.807) is 24.3 Å². The van der Waals surface area contributed by atoms with Crippen LogP contribution in [0.4, 0.5) is 11.4 Å². The number of aliphatic imine (C=N–C) groups is 2. The Morgan fingerprint density at radius 3 is 2.23 bits per heavy atom. The number of hydrogen-bond acceptors (Lipinski definition) is 7. The molecule has 44 heavy (non-hydrogen) atoms. The Bertz CT molecular complexity index is 1410. The van der Waals surface area contributed by atoms with Gasteiger partial charge in [-0.1, -0.05) is 54.9 Å². The van der Waals surface area contributed by atoms with Crippen molar-refractivity contribution in [1.82, 2.24) is 10.6 Å². The predicted molar refractivity (Wildman–Crippen MR) is 179 cm³/mol. The van der Waals surface area contributed by atoms with E-state index in [2.05, 4.69) is 33.2 Å². The monoisotopic (exact) mass is 620 g/mol. The van der Waals surface area contributed by atoms with Crippen molar-refractivity contribution in [2.45, 2.75) is 27.2 Å². The van der Waals surface area contributed by atoms with Gasteiger partial charge in [0.05, 0.1) is 43.8 Å². The number of aromatic hydroxyl groups is 1. The van der Waals surface area contributed by atoms with Crippen LogP contribution in [0.3, 0.4) is 0 Å². The van der Waals surface area contributed by atoms with Gasteiger partial charge in [0.1, 0.15) is 11.6 Å². The number of rotatable bonds is 15. The fourth-order valence-electron chi connectivity index (χ4n) is 3.72. The predicted octanol–water partition coefficient (Wildman–Crippen LogP) is 6.04. The number of amides is 1. The first-order chi connectivity index (χ1) is 21.4. The minimum Gasteiger partial charge on any atom is -0.506 e. The van der Waals surface area contributed by atoms with Crippen LogP contribution in [0, 0.1) is 0 Å². The quantitative estimate of drug-likeness (QED) is 0.0606. The average molecular weight is 621 g/mol. The molecular formula is C33H41ClN6O4.